The number of rotatable bonds is 3. The van der Waals surface area contributed by atoms with E-state index in [-0.39, 0.29) is 12.1 Å². The summed E-state index contributed by atoms with van der Waals surface area (Å²) in [6.45, 7) is 3.34. The molecule has 2 aromatic rings. The number of hydrogen-bond acceptors (Lipinski definition) is 6. The summed E-state index contributed by atoms with van der Waals surface area (Å²) in [5, 5.41) is 2.87. The fourth-order valence-corrected chi connectivity index (χ4v) is 2.51. The van der Waals surface area contributed by atoms with E-state index in [0.717, 1.165) is 11.4 Å². The molecular weight excluding hydrogens is 320 g/mol. The maximum atomic E-state index is 12.5. The first-order chi connectivity index (χ1) is 12.0. The molecule has 2 aromatic heterocycles. The van der Waals surface area contributed by atoms with Crippen LogP contribution in [0.5, 0.6) is 0 Å². The first-order valence-corrected chi connectivity index (χ1v) is 8.13. The summed E-state index contributed by atoms with van der Waals surface area (Å²) in [5.41, 5.74) is 2.36. The number of morpholine rings is 1. The third-order valence-corrected chi connectivity index (χ3v) is 3.91. The molecule has 8 heteroatoms. The third-order valence-electron chi connectivity index (χ3n) is 3.91. The van der Waals surface area contributed by atoms with Gasteiger partial charge in [0, 0.05) is 32.5 Å². The van der Waals surface area contributed by atoms with Gasteiger partial charge in [0.1, 0.15) is 6.10 Å². The summed E-state index contributed by atoms with van der Waals surface area (Å²) in [5.74, 6) is 0.619. The van der Waals surface area contributed by atoms with Crippen molar-refractivity contribution < 1.29 is 9.53 Å². The highest BCUT2D eigenvalue weighted by molar-refractivity contribution is 5.89. The van der Waals surface area contributed by atoms with Gasteiger partial charge in [-0.1, -0.05) is 0 Å². The summed E-state index contributed by atoms with van der Waals surface area (Å²) in [7, 11) is 3.77. The lowest BCUT2D eigenvalue weighted by Gasteiger charge is -2.32. The second-order valence-electron chi connectivity index (χ2n) is 6.10. The maximum absolute atomic E-state index is 12.5. The first kappa shape index (κ1) is 17.1. The molecule has 1 atom stereocenters. The van der Waals surface area contributed by atoms with Gasteiger partial charge in [0.15, 0.2) is 0 Å². The van der Waals surface area contributed by atoms with Gasteiger partial charge in [0.25, 0.3) is 0 Å². The SMILES string of the molecule is Cc1ccc(NC(=O)N2CCOC(c3ccnc(N(C)C)n3)C2)cn1. The van der Waals surface area contributed by atoms with Crippen molar-refractivity contribution in [1.82, 2.24) is 19.9 Å². The molecule has 25 heavy (non-hydrogen) atoms. The predicted molar refractivity (Wildman–Crippen MR) is 94.6 cm³/mol. The van der Waals surface area contributed by atoms with Crippen molar-refractivity contribution >= 4 is 17.7 Å². The van der Waals surface area contributed by atoms with Gasteiger partial charge in [-0.05, 0) is 25.1 Å². The van der Waals surface area contributed by atoms with E-state index < -0.39 is 0 Å². The molecule has 8 nitrogen and oxygen atoms in total. The minimum absolute atomic E-state index is 0.166. The third kappa shape index (κ3) is 4.21. The highest BCUT2D eigenvalue weighted by Crippen LogP contribution is 2.22. The van der Waals surface area contributed by atoms with Crippen molar-refractivity contribution in [3.05, 3.63) is 42.0 Å². The first-order valence-electron chi connectivity index (χ1n) is 8.13. The molecule has 1 saturated heterocycles. The van der Waals surface area contributed by atoms with Crippen molar-refractivity contribution in [1.29, 1.82) is 0 Å². The Morgan fingerprint density at radius 2 is 2.16 bits per heavy atom. The average molecular weight is 342 g/mol. The Balaban J connectivity index is 1.67. The molecule has 1 aliphatic heterocycles. The number of aryl methyl sites for hydroxylation is 1. The van der Waals surface area contributed by atoms with Crippen LogP contribution in [0.3, 0.4) is 0 Å². The van der Waals surface area contributed by atoms with E-state index in [1.807, 2.05) is 44.1 Å². The van der Waals surface area contributed by atoms with Gasteiger partial charge in [-0.25, -0.2) is 14.8 Å². The number of carbonyl (C=O) groups excluding carboxylic acids is 1. The van der Waals surface area contributed by atoms with E-state index in [1.54, 1.807) is 17.3 Å². The number of pyridine rings is 1. The van der Waals surface area contributed by atoms with Crippen molar-refractivity contribution in [2.45, 2.75) is 13.0 Å². The summed E-state index contributed by atoms with van der Waals surface area (Å²) in [6, 6.07) is 5.36. The van der Waals surface area contributed by atoms with Crippen molar-refractivity contribution in [2.24, 2.45) is 0 Å². The largest absolute Gasteiger partial charge is 0.368 e. The molecule has 3 rings (SSSR count). The number of anilines is 2. The van der Waals surface area contributed by atoms with E-state index >= 15 is 0 Å². The van der Waals surface area contributed by atoms with Crippen LogP contribution in [0.25, 0.3) is 0 Å². The number of nitrogens with one attached hydrogen (secondary N) is 1. The monoisotopic (exact) mass is 342 g/mol. The second-order valence-corrected chi connectivity index (χ2v) is 6.10. The van der Waals surface area contributed by atoms with Crippen LogP contribution in [0.2, 0.25) is 0 Å². The van der Waals surface area contributed by atoms with E-state index in [4.69, 9.17) is 4.74 Å². The molecule has 1 N–H and O–H groups in total. The molecule has 0 spiro atoms. The van der Waals surface area contributed by atoms with E-state index in [2.05, 4.69) is 20.3 Å². The van der Waals surface area contributed by atoms with Crippen molar-refractivity contribution in [3.63, 3.8) is 0 Å². The molecule has 0 bridgehead atoms. The summed E-state index contributed by atoms with van der Waals surface area (Å²) < 4.78 is 5.80. The lowest BCUT2D eigenvalue weighted by atomic mass is 10.2. The van der Waals surface area contributed by atoms with Gasteiger partial charge in [-0.2, -0.15) is 0 Å². The molecule has 1 aliphatic rings. The Hall–Kier alpha value is -2.74. The Bertz CT molecular complexity index is 734. The number of urea groups is 1. The van der Waals surface area contributed by atoms with Crippen molar-refractivity contribution in [2.75, 3.05) is 44.0 Å². The maximum Gasteiger partial charge on any atom is 0.322 e. The summed E-state index contributed by atoms with van der Waals surface area (Å²) in [6.07, 6.45) is 3.09. The fourth-order valence-electron chi connectivity index (χ4n) is 2.51. The van der Waals surface area contributed by atoms with Gasteiger partial charge in [0.05, 0.1) is 30.7 Å². The van der Waals surface area contributed by atoms with Crippen LogP contribution in [0.4, 0.5) is 16.4 Å². The number of nitrogens with zero attached hydrogens (tertiary/aromatic N) is 5. The topological polar surface area (TPSA) is 83.5 Å². The van der Waals surface area contributed by atoms with Gasteiger partial charge in [0.2, 0.25) is 5.95 Å². The normalized spacial score (nSPS) is 17.2. The Morgan fingerprint density at radius 1 is 1.32 bits per heavy atom. The number of amides is 2. The quantitative estimate of drug-likeness (QED) is 0.916. The van der Waals surface area contributed by atoms with Crippen LogP contribution in [0, 0.1) is 6.92 Å². The van der Waals surface area contributed by atoms with Crippen LogP contribution in [-0.4, -0.2) is 59.7 Å². The van der Waals surface area contributed by atoms with E-state index in [9.17, 15) is 4.79 Å². The lowest BCUT2D eigenvalue weighted by molar-refractivity contribution is -0.0157. The Kier molecular flexibility index (Phi) is 5.08. The minimum Gasteiger partial charge on any atom is -0.368 e. The van der Waals surface area contributed by atoms with Crippen LogP contribution >= 0.6 is 0 Å². The van der Waals surface area contributed by atoms with Crippen LogP contribution in [0.15, 0.2) is 30.6 Å². The number of carbonyl (C=O) groups is 1. The highest BCUT2D eigenvalue weighted by Gasteiger charge is 2.26. The number of hydrogen-bond donors (Lipinski definition) is 1. The Morgan fingerprint density at radius 3 is 2.88 bits per heavy atom. The zero-order valence-electron chi connectivity index (χ0n) is 14.6. The molecular formula is C17H22N6O2. The smallest absolute Gasteiger partial charge is 0.322 e. The average Bonchev–Trinajstić information content (AvgIpc) is 2.64. The van der Waals surface area contributed by atoms with Crippen LogP contribution < -0.4 is 10.2 Å². The summed E-state index contributed by atoms with van der Waals surface area (Å²) >= 11 is 0. The molecule has 1 fully saturated rings. The molecule has 2 amide bonds. The Labute approximate surface area is 146 Å². The molecule has 0 aromatic carbocycles. The minimum atomic E-state index is -0.266. The van der Waals surface area contributed by atoms with Crippen LogP contribution in [0.1, 0.15) is 17.5 Å². The zero-order chi connectivity index (χ0) is 17.8. The van der Waals surface area contributed by atoms with Crippen molar-refractivity contribution in [3.8, 4) is 0 Å². The molecule has 132 valence electrons. The van der Waals surface area contributed by atoms with Gasteiger partial charge in [-0.15, -0.1) is 0 Å². The zero-order valence-corrected chi connectivity index (χ0v) is 14.6. The van der Waals surface area contributed by atoms with Gasteiger partial charge >= 0.3 is 6.03 Å². The molecule has 0 radical (unpaired) electrons. The lowest BCUT2D eigenvalue weighted by Crippen LogP contribution is -2.44. The molecule has 1 unspecified atom stereocenters. The van der Waals surface area contributed by atoms with Gasteiger partial charge in [-0.3, -0.25) is 4.98 Å². The predicted octanol–water partition coefficient (Wildman–Crippen LogP) is 1.85. The molecule has 0 aliphatic carbocycles. The highest BCUT2D eigenvalue weighted by atomic mass is 16.5. The summed E-state index contributed by atoms with van der Waals surface area (Å²) in [4.78, 5) is 29.0. The fraction of sp³-hybridized carbons (Fsp3) is 0.412. The second kappa shape index (κ2) is 7.43. The molecule has 0 saturated carbocycles. The molecule has 3 heterocycles. The van der Waals surface area contributed by atoms with E-state index in [0.29, 0.717) is 31.3 Å². The van der Waals surface area contributed by atoms with Crippen LogP contribution in [-0.2, 0) is 4.74 Å². The number of ether oxygens (including phenoxy) is 1. The number of aromatic nitrogens is 3. The van der Waals surface area contributed by atoms with E-state index in [1.165, 1.54) is 0 Å². The standard InChI is InChI=1S/C17H22N6O2/c1-12-4-5-13(10-19-12)20-17(24)23-8-9-25-15(11-23)14-6-7-18-16(21-14)22(2)3/h4-7,10,15H,8-9,11H2,1-3H3,(H,20,24). The van der Waals surface area contributed by atoms with Gasteiger partial charge < -0.3 is 19.9 Å².